The van der Waals surface area contributed by atoms with E-state index in [-0.39, 0.29) is 23.9 Å². The zero-order valence-electron chi connectivity index (χ0n) is 19.2. The van der Waals surface area contributed by atoms with E-state index in [1.807, 2.05) is 36.5 Å². The summed E-state index contributed by atoms with van der Waals surface area (Å²) in [7, 11) is 0. The SMILES string of the molecule is CCCCn1cnc2c(-c3ccccc3)cn(CC(=O)Nc3ccc(NC(C)=O)cc3)c2c1=O. The molecule has 8 nitrogen and oxygen atoms in total. The molecule has 174 valence electrons. The first-order valence-electron chi connectivity index (χ1n) is 11.3. The number of hydrogen-bond donors (Lipinski definition) is 2. The van der Waals surface area contributed by atoms with E-state index in [0.717, 1.165) is 24.0 Å². The van der Waals surface area contributed by atoms with E-state index in [0.29, 0.717) is 29.0 Å². The molecule has 0 unspecified atom stereocenters. The number of carbonyl (C=O) groups excluding carboxylic acids is 2. The van der Waals surface area contributed by atoms with Gasteiger partial charge in [-0.1, -0.05) is 43.7 Å². The maximum atomic E-state index is 13.3. The molecule has 0 radical (unpaired) electrons. The minimum atomic E-state index is -0.271. The van der Waals surface area contributed by atoms with Crippen LogP contribution in [0.5, 0.6) is 0 Å². The fraction of sp³-hybridized carbons (Fsp3) is 0.231. The molecule has 8 heteroatoms. The molecular formula is C26H27N5O3. The number of aryl methyl sites for hydroxylation is 1. The molecule has 2 aromatic heterocycles. The number of amides is 2. The third kappa shape index (κ3) is 5.06. The fourth-order valence-electron chi connectivity index (χ4n) is 3.85. The summed E-state index contributed by atoms with van der Waals surface area (Å²) in [6.07, 6.45) is 5.24. The molecule has 0 aliphatic rings. The first kappa shape index (κ1) is 23.0. The Balaban J connectivity index is 1.66. The lowest BCUT2D eigenvalue weighted by atomic mass is 10.1. The number of fused-ring (bicyclic) bond motifs is 1. The number of benzene rings is 2. The van der Waals surface area contributed by atoms with Crippen LogP contribution in [0.4, 0.5) is 11.4 Å². The highest BCUT2D eigenvalue weighted by atomic mass is 16.2. The molecule has 0 bridgehead atoms. The number of aromatic nitrogens is 3. The number of anilines is 2. The highest BCUT2D eigenvalue weighted by molar-refractivity contribution is 5.96. The number of nitrogens with zero attached hydrogens (tertiary/aromatic N) is 3. The summed E-state index contributed by atoms with van der Waals surface area (Å²) in [5.41, 5.74) is 3.81. The van der Waals surface area contributed by atoms with E-state index in [1.54, 1.807) is 39.7 Å². The summed E-state index contributed by atoms with van der Waals surface area (Å²) in [5.74, 6) is -0.434. The Morgan fingerprint density at radius 2 is 1.62 bits per heavy atom. The van der Waals surface area contributed by atoms with Crippen LogP contribution in [0.15, 0.2) is 71.9 Å². The van der Waals surface area contributed by atoms with Gasteiger partial charge in [-0.3, -0.25) is 19.0 Å². The summed E-state index contributed by atoms with van der Waals surface area (Å²) in [6, 6.07) is 16.6. The van der Waals surface area contributed by atoms with Crippen molar-refractivity contribution in [1.82, 2.24) is 14.1 Å². The van der Waals surface area contributed by atoms with Gasteiger partial charge in [-0.25, -0.2) is 4.98 Å². The Morgan fingerprint density at radius 1 is 0.941 bits per heavy atom. The molecule has 0 atom stereocenters. The Labute approximate surface area is 197 Å². The lowest BCUT2D eigenvalue weighted by Crippen LogP contribution is -2.25. The van der Waals surface area contributed by atoms with Crippen LogP contribution in [0, 0.1) is 0 Å². The third-order valence-corrected chi connectivity index (χ3v) is 5.48. The van der Waals surface area contributed by atoms with Crippen LogP contribution in [0.2, 0.25) is 0 Å². The maximum absolute atomic E-state index is 13.3. The lowest BCUT2D eigenvalue weighted by molar-refractivity contribution is -0.116. The normalized spacial score (nSPS) is 10.9. The molecule has 0 saturated heterocycles. The standard InChI is InChI=1S/C26H27N5O3/c1-3-4-14-30-17-27-24-22(19-8-6-5-7-9-19)15-31(25(24)26(30)34)16-23(33)29-21-12-10-20(11-13-21)28-18(2)32/h5-13,15,17H,3-4,14,16H2,1-2H3,(H,28,32)(H,29,33). The van der Waals surface area contributed by atoms with Crippen LogP contribution >= 0.6 is 0 Å². The van der Waals surface area contributed by atoms with E-state index >= 15 is 0 Å². The van der Waals surface area contributed by atoms with Gasteiger partial charge in [-0.2, -0.15) is 0 Å². The molecule has 34 heavy (non-hydrogen) atoms. The number of unbranched alkanes of at least 4 members (excludes halogenated alkanes) is 1. The molecule has 0 saturated carbocycles. The van der Waals surface area contributed by atoms with Crippen molar-refractivity contribution in [3.8, 4) is 11.1 Å². The van der Waals surface area contributed by atoms with Gasteiger partial charge in [0, 0.05) is 36.6 Å². The van der Waals surface area contributed by atoms with Crippen molar-refractivity contribution in [2.45, 2.75) is 39.8 Å². The fourth-order valence-corrected chi connectivity index (χ4v) is 3.85. The molecule has 0 aliphatic carbocycles. The number of nitrogens with one attached hydrogen (secondary N) is 2. The number of hydrogen-bond acceptors (Lipinski definition) is 4. The second kappa shape index (κ2) is 10.2. The van der Waals surface area contributed by atoms with Crippen LogP contribution < -0.4 is 16.2 Å². The highest BCUT2D eigenvalue weighted by Crippen LogP contribution is 2.27. The Hall–Kier alpha value is -4.20. The van der Waals surface area contributed by atoms with Crippen LogP contribution in [-0.4, -0.2) is 25.9 Å². The highest BCUT2D eigenvalue weighted by Gasteiger charge is 2.18. The second-order valence-corrected chi connectivity index (χ2v) is 8.14. The van der Waals surface area contributed by atoms with Crippen LogP contribution in [0.25, 0.3) is 22.2 Å². The van der Waals surface area contributed by atoms with E-state index in [9.17, 15) is 14.4 Å². The van der Waals surface area contributed by atoms with Crippen molar-refractivity contribution in [3.05, 3.63) is 77.5 Å². The molecule has 2 N–H and O–H groups in total. The summed E-state index contributed by atoms with van der Waals surface area (Å²) in [4.78, 5) is 41.9. The molecule has 0 aliphatic heterocycles. The van der Waals surface area contributed by atoms with E-state index in [4.69, 9.17) is 0 Å². The average Bonchev–Trinajstić information content (AvgIpc) is 3.19. The topological polar surface area (TPSA) is 98.0 Å². The lowest BCUT2D eigenvalue weighted by Gasteiger charge is -2.09. The third-order valence-electron chi connectivity index (χ3n) is 5.48. The van der Waals surface area contributed by atoms with Gasteiger partial charge < -0.3 is 15.2 Å². The van der Waals surface area contributed by atoms with Gasteiger partial charge in [-0.15, -0.1) is 0 Å². The van der Waals surface area contributed by atoms with Gasteiger partial charge in [0.2, 0.25) is 11.8 Å². The van der Waals surface area contributed by atoms with Crippen molar-refractivity contribution in [2.24, 2.45) is 0 Å². The Kier molecular flexibility index (Phi) is 6.87. The van der Waals surface area contributed by atoms with Crippen LogP contribution in [0.3, 0.4) is 0 Å². The van der Waals surface area contributed by atoms with E-state index < -0.39 is 0 Å². The number of rotatable bonds is 8. The largest absolute Gasteiger partial charge is 0.332 e. The summed E-state index contributed by atoms with van der Waals surface area (Å²) in [6.45, 7) is 4.05. The smallest absolute Gasteiger partial charge is 0.277 e. The molecule has 2 aromatic carbocycles. The van der Waals surface area contributed by atoms with E-state index in [2.05, 4.69) is 22.5 Å². The van der Waals surface area contributed by atoms with Gasteiger partial charge in [0.1, 0.15) is 17.6 Å². The molecule has 2 heterocycles. The van der Waals surface area contributed by atoms with Gasteiger partial charge in [0.05, 0.1) is 6.33 Å². The van der Waals surface area contributed by atoms with Crippen LogP contribution in [0.1, 0.15) is 26.7 Å². The van der Waals surface area contributed by atoms with Gasteiger partial charge in [0.25, 0.3) is 5.56 Å². The molecular weight excluding hydrogens is 430 g/mol. The molecule has 0 fully saturated rings. The van der Waals surface area contributed by atoms with Crippen molar-refractivity contribution in [3.63, 3.8) is 0 Å². The minimum absolute atomic E-state index is 0.0362. The molecule has 2 amide bonds. The Morgan fingerprint density at radius 3 is 2.26 bits per heavy atom. The van der Waals surface area contributed by atoms with Crippen molar-refractivity contribution < 1.29 is 9.59 Å². The maximum Gasteiger partial charge on any atom is 0.277 e. The summed E-state index contributed by atoms with van der Waals surface area (Å²) >= 11 is 0. The predicted molar refractivity (Wildman–Crippen MR) is 134 cm³/mol. The average molecular weight is 458 g/mol. The van der Waals surface area contributed by atoms with E-state index in [1.165, 1.54) is 6.92 Å². The molecule has 0 spiro atoms. The van der Waals surface area contributed by atoms with Gasteiger partial charge in [0.15, 0.2) is 0 Å². The second-order valence-electron chi connectivity index (χ2n) is 8.14. The minimum Gasteiger partial charge on any atom is -0.332 e. The zero-order chi connectivity index (χ0) is 24.1. The first-order chi connectivity index (χ1) is 16.5. The van der Waals surface area contributed by atoms with Crippen LogP contribution in [-0.2, 0) is 22.7 Å². The quantitative estimate of drug-likeness (QED) is 0.413. The van der Waals surface area contributed by atoms with Gasteiger partial charge in [-0.05, 0) is 36.2 Å². The van der Waals surface area contributed by atoms with Crippen molar-refractivity contribution in [1.29, 1.82) is 0 Å². The number of carbonyl (C=O) groups is 2. The first-order valence-corrected chi connectivity index (χ1v) is 11.3. The van der Waals surface area contributed by atoms with Gasteiger partial charge >= 0.3 is 0 Å². The molecule has 4 aromatic rings. The predicted octanol–water partition coefficient (Wildman–Crippen LogP) is 4.26. The molecule has 4 rings (SSSR count). The van der Waals surface area contributed by atoms with Crippen molar-refractivity contribution in [2.75, 3.05) is 10.6 Å². The summed E-state index contributed by atoms with van der Waals surface area (Å²) in [5, 5.41) is 5.54. The monoisotopic (exact) mass is 457 g/mol. The zero-order valence-corrected chi connectivity index (χ0v) is 19.2. The Bertz CT molecular complexity index is 1370. The van der Waals surface area contributed by atoms with Crippen molar-refractivity contribution >= 4 is 34.2 Å². The summed E-state index contributed by atoms with van der Waals surface area (Å²) < 4.78 is 3.28.